The summed E-state index contributed by atoms with van der Waals surface area (Å²) < 4.78 is 6.32. The van der Waals surface area contributed by atoms with Gasteiger partial charge in [-0.2, -0.15) is 4.98 Å². The highest BCUT2D eigenvalue weighted by Crippen LogP contribution is 2.25. The molecule has 0 unspecified atom stereocenters. The molecule has 138 valence electrons. The van der Waals surface area contributed by atoms with E-state index in [4.69, 9.17) is 11.6 Å². The molecule has 8 heteroatoms. The van der Waals surface area contributed by atoms with Crippen LogP contribution >= 0.6 is 11.6 Å². The maximum absolute atomic E-state index is 13.0. The van der Waals surface area contributed by atoms with Crippen molar-refractivity contribution in [2.24, 2.45) is 7.05 Å². The number of nitrogens with zero attached hydrogens (tertiary/aromatic N) is 5. The number of fused-ring (bicyclic) bond motifs is 3. The Labute approximate surface area is 159 Å². The molecule has 0 saturated carbocycles. The second-order valence-corrected chi connectivity index (χ2v) is 6.88. The SMILES string of the molecule is C=CCn1c(=O)c2c(nc3n(-c4ccc(Cl)cc4)c(C)c(C)n23)n(C)c1=O. The van der Waals surface area contributed by atoms with Crippen molar-refractivity contribution >= 4 is 28.5 Å². The zero-order chi connectivity index (χ0) is 19.5. The first-order chi connectivity index (χ1) is 12.9. The van der Waals surface area contributed by atoms with Gasteiger partial charge >= 0.3 is 5.69 Å². The quantitative estimate of drug-likeness (QED) is 0.511. The number of aryl methyl sites for hydroxylation is 2. The first kappa shape index (κ1) is 17.4. The molecule has 0 amide bonds. The fourth-order valence-electron chi connectivity index (χ4n) is 3.44. The Morgan fingerprint density at radius 3 is 2.44 bits per heavy atom. The van der Waals surface area contributed by atoms with Gasteiger partial charge in [-0.3, -0.25) is 22.9 Å². The lowest BCUT2D eigenvalue weighted by molar-refractivity contribution is 0.667. The molecule has 0 radical (unpaired) electrons. The van der Waals surface area contributed by atoms with Gasteiger partial charge in [0.15, 0.2) is 11.2 Å². The third-order valence-electron chi connectivity index (χ3n) is 4.92. The molecule has 3 heterocycles. The molecule has 27 heavy (non-hydrogen) atoms. The van der Waals surface area contributed by atoms with Gasteiger partial charge in [-0.25, -0.2) is 4.79 Å². The van der Waals surface area contributed by atoms with Crippen LogP contribution in [0.2, 0.25) is 5.02 Å². The highest BCUT2D eigenvalue weighted by atomic mass is 35.5. The van der Waals surface area contributed by atoms with Gasteiger partial charge in [-0.15, -0.1) is 6.58 Å². The molecule has 3 aromatic heterocycles. The van der Waals surface area contributed by atoms with Gasteiger partial charge in [-0.05, 0) is 38.1 Å². The summed E-state index contributed by atoms with van der Waals surface area (Å²) in [6, 6.07) is 7.39. The van der Waals surface area contributed by atoms with Crippen molar-refractivity contribution < 1.29 is 0 Å². The van der Waals surface area contributed by atoms with Gasteiger partial charge in [0.1, 0.15) is 0 Å². The minimum absolute atomic E-state index is 0.143. The molecule has 0 aliphatic carbocycles. The average molecular weight is 384 g/mol. The monoisotopic (exact) mass is 383 g/mol. The van der Waals surface area contributed by atoms with Crippen LogP contribution < -0.4 is 11.2 Å². The van der Waals surface area contributed by atoms with Crippen molar-refractivity contribution in [2.45, 2.75) is 20.4 Å². The van der Waals surface area contributed by atoms with Crippen molar-refractivity contribution in [1.29, 1.82) is 0 Å². The molecule has 0 bridgehead atoms. The Balaban J connectivity index is 2.20. The van der Waals surface area contributed by atoms with Crippen molar-refractivity contribution in [3.8, 4) is 5.69 Å². The molecule has 0 atom stereocenters. The van der Waals surface area contributed by atoms with Crippen LogP contribution in [0, 0.1) is 13.8 Å². The Hall–Kier alpha value is -3.06. The smallest absolute Gasteiger partial charge is 0.283 e. The van der Waals surface area contributed by atoms with E-state index in [9.17, 15) is 9.59 Å². The zero-order valence-electron chi connectivity index (χ0n) is 15.2. The normalized spacial score (nSPS) is 11.6. The number of hydrogen-bond donors (Lipinski definition) is 0. The third-order valence-corrected chi connectivity index (χ3v) is 5.17. The van der Waals surface area contributed by atoms with E-state index in [0.29, 0.717) is 22.0 Å². The summed E-state index contributed by atoms with van der Waals surface area (Å²) >= 11 is 6.01. The molecule has 4 aromatic rings. The van der Waals surface area contributed by atoms with Crippen molar-refractivity contribution in [3.63, 3.8) is 0 Å². The highest BCUT2D eigenvalue weighted by molar-refractivity contribution is 6.30. The average Bonchev–Trinajstić information content (AvgIpc) is 3.14. The van der Waals surface area contributed by atoms with Gasteiger partial charge < -0.3 is 0 Å². The lowest BCUT2D eigenvalue weighted by Crippen LogP contribution is -2.39. The largest absolute Gasteiger partial charge is 0.332 e. The molecule has 0 aliphatic rings. The molecule has 7 nitrogen and oxygen atoms in total. The van der Waals surface area contributed by atoms with Crippen LogP contribution in [0.5, 0.6) is 0 Å². The second kappa shape index (κ2) is 5.99. The van der Waals surface area contributed by atoms with Gasteiger partial charge in [0, 0.05) is 35.7 Å². The van der Waals surface area contributed by atoms with E-state index in [1.165, 1.54) is 10.6 Å². The van der Waals surface area contributed by atoms with Crippen LogP contribution in [0.15, 0.2) is 46.5 Å². The first-order valence-corrected chi connectivity index (χ1v) is 8.81. The Morgan fingerprint density at radius 2 is 1.81 bits per heavy atom. The lowest BCUT2D eigenvalue weighted by Gasteiger charge is -2.07. The Morgan fingerprint density at radius 1 is 1.15 bits per heavy atom. The summed E-state index contributed by atoms with van der Waals surface area (Å²) in [5.74, 6) is 0.575. The summed E-state index contributed by atoms with van der Waals surface area (Å²) in [5.41, 5.74) is 2.64. The number of allylic oxidation sites excluding steroid dienone is 1. The second-order valence-electron chi connectivity index (χ2n) is 6.45. The summed E-state index contributed by atoms with van der Waals surface area (Å²) in [6.07, 6.45) is 1.53. The number of hydrogen-bond acceptors (Lipinski definition) is 3. The lowest BCUT2D eigenvalue weighted by atomic mass is 10.3. The molecular weight excluding hydrogens is 366 g/mol. The highest BCUT2D eigenvalue weighted by Gasteiger charge is 2.22. The molecule has 0 aliphatic heterocycles. The summed E-state index contributed by atoms with van der Waals surface area (Å²) in [7, 11) is 1.62. The van der Waals surface area contributed by atoms with Crippen LogP contribution in [0.25, 0.3) is 22.6 Å². The van der Waals surface area contributed by atoms with Crippen LogP contribution in [-0.2, 0) is 13.6 Å². The van der Waals surface area contributed by atoms with Crippen molar-refractivity contribution in [3.05, 3.63) is 74.2 Å². The summed E-state index contributed by atoms with van der Waals surface area (Å²) in [6.45, 7) is 7.67. The van der Waals surface area contributed by atoms with Crippen LogP contribution in [0.3, 0.4) is 0 Å². The number of benzene rings is 1. The van der Waals surface area contributed by atoms with E-state index in [1.54, 1.807) is 23.6 Å². The first-order valence-electron chi connectivity index (χ1n) is 8.43. The molecule has 4 rings (SSSR count). The molecule has 0 saturated heterocycles. The summed E-state index contributed by atoms with van der Waals surface area (Å²) in [5, 5.41) is 0.638. The molecule has 0 fully saturated rings. The number of aromatic nitrogens is 5. The fourth-order valence-corrected chi connectivity index (χ4v) is 3.57. The van der Waals surface area contributed by atoms with Gasteiger partial charge in [0.2, 0.25) is 5.78 Å². The summed E-state index contributed by atoms with van der Waals surface area (Å²) in [4.78, 5) is 30.2. The van der Waals surface area contributed by atoms with E-state index >= 15 is 0 Å². The van der Waals surface area contributed by atoms with Gasteiger partial charge in [0.25, 0.3) is 5.56 Å². The van der Waals surface area contributed by atoms with Gasteiger partial charge in [0.05, 0.1) is 0 Å². The maximum atomic E-state index is 13.0. The molecule has 1 aromatic carbocycles. The molecule has 0 N–H and O–H groups in total. The predicted octanol–water partition coefficient (Wildman–Crippen LogP) is 2.59. The fraction of sp³-hybridized carbons (Fsp3) is 0.211. The minimum Gasteiger partial charge on any atom is -0.283 e. The van der Waals surface area contributed by atoms with E-state index < -0.39 is 5.69 Å². The minimum atomic E-state index is -0.416. The zero-order valence-corrected chi connectivity index (χ0v) is 16.0. The number of rotatable bonds is 3. The third kappa shape index (κ3) is 2.31. The predicted molar refractivity (Wildman–Crippen MR) is 106 cm³/mol. The maximum Gasteiger partial charge on any atom is 0.332 e. The van der Waals surface area contributed by atoms with E-state index in [2.05, 4.69) is 11.6 Å². The molecular formula is C19H18ClN5O2. The number of halogens is 1. The van der Waals surface area contributed by atoms with E-state index in [-0.39, 0.29) is 12.1 Å². The van der Waals surface area contributed by atoms with Crippen LogP contribution in [0.4, 0.5) is 0 Å². The number of imidazole rings is 2. The Bertz CT molecular complexity index is 1340. The van der Waals surface area contributed by atoms with Crippen molar-refractivity contribution in [1.82, 2.24) is 23.1 Å². The van der Waals surface area contributed by atoms with Crippen molar-refractivity contribution in [2.75, 3.05) is 0 Å². The van der Waals surface area contributed by atoms with E-state index in [1.807, 2.05) is 30.5 Å². The molecule has 0 spiro atoms. The van der Waals surface area contributed by atoms with Crippen LogP contribution in [0.1, 0.15) is 11.4 Å². The van der Waals surface area contributed by atoms with E-state index in [0.717, 1.165) is 21.6 Å². The van der Waals surface area contributed by atoms with Gasteiger partial charge in [-0.1, -0.05) is 17.7 Å². The topological polar surface area (TPSA) is 66.2 Å². The van der Waals surface area contributed by atoms with Crippen LogP contribution in [-0.4, -0.2) is 23.1 Å². The Kier molecular flexibility index (Phi) is 3.85. The standard InChI is InChI=1S/C19H18ClN5O2/c1-5-10-23-17(26)15-16(22(4)19(23)27)21-18-24(11(2)12(3)25(15)18)14-8-6-13(20)7-9-14/h5-9H,1,10H2,2-4H3.